The topological polar surface area (TPSA) is 98.3 Å². The fourth-order valence-corrected chi connectivity index (χ4v) is 4.91. The molecule has 1 fully saturated rings. The summed E-state index contributed by atoms with van der Waals surface area (Å²) in [6.45, 7) is 0. The molecule has 1 aliphatic carbocycles. The van der Waals surface area contributed by atoms with Gasteiger partial charge in [0.05, 0.1) is 23.9 Å². The van der Waals surface area contributed by atoms with E-state index in [9.17, 15) is 4.79 Å². The molecule has 0 radical (unpaired) electrons. The summed E-state index contributed by atoms with van der Waals surface area (Å²) in [5.74, 6) is 0.268. The highest BCUT2D eigenvalue weighted by Crippen LogP contribution is 2.37. The van der Waals surface area contributed by atoms with Gasteiger partial charge in [-0.1, -0.05) is 25.3 Å². The monoisotopic (exact) mass is 527 g/mol. The van der Waals surface area contributed by atoms with Crippen molar-refractivity contribution in [2.24, 2.45) is 0 Å². The fraction of sp³-hybridized carbons (Fsp3) is 0.267. The normalized spacial score (nSPS) is 13.5. The molecule has 39 heavy (non-hydrogen) atoms. The number of hydrogen-bond acceptors (Lipinski definition) is 7. The Bertz CT molecular complexity index is 1460. The van der Waals surface area contributed by atoms with Crippen LogP contribution in [0.4, 0.5) is 15.8 Å². The third-order valence-electron chi connectivity index (χ3n) is 6.92. The van der Waals surface area contributed by atoms with Crippen molar-refractivity contribution >= 4 is 17.3 Å². The number of carbonyl (C=O) groups excluding carboxylic acids is 1. The fourth-order valence-electron chi connectivity index (χ4n) is 4.91. The number of halogens is 1. The second-order valence-corrected chi connectivity index (χ2v) is 9.36. The largest absolute Gasteiger partial charge is 0.495 e. The Labute approximate surface area is 226 Å². The highest BCUT2D eigenvalue weighted by atomic mass is 19.1. The van der Waals surface area contributed by atoms with E-state index in [2.05, 4.69) is 31.7 Å². The number of amides is 1. The number of ether oxygens (including phenoxy) is 2. The lowest BCUT2D eigenvalue weighted by molar-refractivity contribution is 0.102. The maximum Gasteiger partial charge on any atom is 0.258 e. The standard InChI is InChI=1S/C30H30FN5O3/c1-32-24-18-23(31)27(39-30-21(10-6-13-35-30)28-33-14-7-15-34-28)17-22(24)29(37)36-25-16-20(11-12-26(25)38-2)19-8-4-3-5-9-19/h6-7,10-19,32H,3-5,8-9H2,1-2H3,(H,36,37). The molecule has 0 saturated heterocycles. The Balaban J connectivity index is 1.45. The molecule has 2 N–H and O–H groups in total. The first-order valence-electron chi connectivity index (χ1n) is 13.0. The van der Waals surface area contributed by atoms with E-state index in [0.29, 0.717) is 34.4 Å². The van der Waals surface area contributed by atoms with Crippen molar-refractivity contribution in [3.05, 3.63) is 84.1 Å². The molecule has 2 aromatic heterocycles. The van der Waals surface area contributed by atoms with Crippen LogP contribution in [0.3, 0.4) is 0 Å². The number of nitrogens with zero attached hydrogens (tertiary/aromatic N) is 3. The molecule has 4 aromatic rings. The predicted molar refractivity (Wildman–Crippen MR) is 148 cm³/mol. The molecule has 200 valence electrons. The first-order chi connectivity index (χ1) is 19.1. The maximum atomic E-state index is 15.1. The van der Waals surface area contributed by atoms with Gasteiger partial charge < -0.3 is 20.1 Å². The summed E-state index contributed by atoms with van der Waals surface area (Å²) >= 11 is 0. The minimum atomic E-state index is -0.654. The average Bonchev–Trinajstić information content (AvgIpc) is 2.99. The number of methoxy groups -OCH3 is 1. The Kier molecular flexibility index (Phi) is 7.96. The van der Waals surface area contributed by atoms with Crippen LogP contribution in [0.2, 0.25) is 0 Å². The number of anilines is 2. The van der Waals surface area contributed by atoms with Gasteiger partial charge in [0, 0.05) is 37.4 Å². The minimum Gasteiger partial charge on any atom is -0.495 e. The molecule has 8 nitrogen and oxygen atoms in total. The Morgan fingerprint density at radius 3 is 2.44 bits per heavy atom. The van der Waals surface area contributed by atoms with E-state index in [0.717, 1.165) is 12.8 Å². The first kappa shape index (κ1) is 26.1. The minimum absolute atomic E-state index is 0.119. The van der Waals surface area contributed by atoms with E-state index in [1.54, 1.807) is 44.8 Å². The van der Waals surface area contributed by atoms with Gasteiger partial charge in [-0.05, 0) is 60.7 Å². The number of carbonyl (C=O) groups is 1. The zero-order chi connectivity index (χ0) is 27.2. The van der Waals surface area contributed by atoms with Gasteiger partial charge in [0.25, 0.3) is 5.91 Å². The quantitative estimate of drug-likeness (QED) is 0.259. The molecule has 1 saturated carbocycles. The van der Waals surface area contributed by atoms with Crippen LogP contribution in [0.1, 0.15) is 53.9 Å². The zero-order valence-corrected chi connectivity index (χ0v) is 21.9. The van der Waals surface area contributed by atoms with Crippen LogP contribution < -0.4 is 20.1 Å². The van der Waals surface area contributed by atoms with Gasteiger partial charge in [0.15, 0.2) is 17.4 Å². The number of rotatable bonds is 8. The summed E-state index contributed by atoms with van der Waals surface area (Å²) in [4.78, 5) is 26.3. The number of hydrogen-bond donors (Lipinski definition) is 2. The molecular weight excluding hydrogens is 497 g/mol. The van der Waals surface area contributed by atoms with E-state index in [1.165, 1.54) is 43.2 Å². The van der Waals surface area contributed by atoms with Gasteiger partial charge in [-0.3, -0.25) is 4.79 Å². The third kappa shape index (κ3) is 5.82. The third-order valence-corrected chi connectivity index (χ3v) is 6.92. The molecule has 5 rings (SSSR count). The first-order valence-corrected chi connectivity index (χ1v) is 13.0. The summed E-state index contributed by atoms with van der Waals surface area (Å²) in [7, 11) is 3.19. The molecular formula is C30H30FN5O3. The summed E-state index contributed by atoms with van der Waals surface area (Å²) < 4.78 is 26.5. The van der Waals surface area contributed by atoms with Crippen LogP contribution in [-0.2, 0) is 0 Å². The SMILES string of the molecule is CNc1cc(F)c(Oc2ncccc2-c2ncccn2)cc1C(=O)Nc1cc(C2CCCCC2)ccc1OC. The summed E-state index contributed by atoms with van der Waals surface area (Å²) in [5, 5.41) is 5.86. The number of pyridine rings is 1. The van der Waals surface area contributed by atoms with E-state index < -0.39 is 11.7 Å². The van der Waals surface area contributed by atoms with Gasteiger partial charge in [0.1, 0.15) is 5.75 Å². The van der Waals surface area contributed by atoms with Crippen molar-refractivity contribution in [1.29, 1.82) is 0 Å². The summed E-state index contributed by atoms with van der Waals surface area (Å²) in [6, 6.07) is 13.7. The van der Waals surface area contributed by atoms with Crippen molar-refractivity contribution in [3.8, 4) is 28.8 Å². The van der Waals surface area contributed by atoms with Crippen LogP contribution in [-0.4, -0.2) is 35.0 Å². The van der Waals surface area contributed by atoms with E-state index in [-0.39, 0.29) is 17.2 Å². The predicted octanol–water partition coefficient (Wildman–Crippen LogP) is 6.82. The van der Waals surface area contributed by atoms with E-state index in [1.807, 2.05) is 12.1 Å². The van der Waals surface area contributed by atoms with Crippen LogP contribution in [0.25, 0.3) is 11.4 Å². The van der Waals surface area contributed by atoms with Crippen LogP contribution in [0.15, 0.2) is 67.1 Å². The van der Waals surface area contributed by atoms with Gasteiger partial charge in [0.2, 0.25) is 5.88 Å². The van der Waals surface area contributed by atoms with Crippen LogP contribution in [0.5, 0.6) is 17.4 Å². The molecule has 0 spiro atoms. The number of benzene rings is 2. The van der Waals surface area contributed by atoms with Crippen molar-refractivity contribution in [3.63, 3.8) is 0 Å². The van der Waals surface area contributed by atoms with Crippen LogP contribution in [0, 0.1) is 5.82 Å². The zero-order valence-electron chi connectivity index (χ0n) is 21.9. The lowest BCUT2D eigenvalue weighted by atomic mass is 9.84. The molecule has 9 heteroatoms. The summed E-state index contributed by atoms with van der Waals surface area (Å²) in [6.07, 6.45) is 10.7. The highest BCUT2D eigenvalue weighted by Gasteiger charge is 2.22. The van der Waals surface area contributed by atoms with Gasteiger partial charge in [-0.25, -0.2) is 19.3 Å². The van der Waals surface area contributed by atoms with Crippen molar-refractivity contribution < 1.29 is 18.7 Å². The molecule has 1 aliphatic rings. The molecule has 0 aliphatic heterocycles. The Morgan fingerprint density at radius 2 is 1.69 bits per heavy atom. The molecule has 0 bridgehead atoms. The Hall–Kier alpha value is -4.53. The van der Waals surface area contributed by atoms with Crippen molar-refractivity contribution in [2.75, 3.05) is 24.8 Å². The molecule has 2 aromatic carbocycles. The average molecular weight is 528 g/mol. The number of nitrogens with one attached hydrogen (secondary N) is 2. The van der Waals surface area contributed by atoms with Gasteiger partial charge in [-0.2, -0.15) is 0 Å². The van der Waals surface area contributed by atoms with Gasteiger partial charge in [-0.15, -0.1) is 0 Å². The van der Waals surface area contributed by atoms with E-state index in [4.69, 9.17) is 9.47 Å². The summed E-state index contributed by atoms with van der Waals surface area (Å²) in [5.41, 5.74) is 2.74. The highest BCUT2D eigenvalue weighted by molar-refractivity contribution is 6.09. The smallest absolute Gasteiger partial charge is 0.258 e. The van der Waals surface area contributed by atoms with E-state index >= 15 is 4.39 Å². The molecule has 0 unspecified atom stereocenters. The lowest BCUT2D eigenvalue weighted by Crippen LogP contribution is -2.16. The second-order valence-electron chi connectivity index (χ2n) is 9.36. The molecule has 0 atom stereocenters. The number of aromatic nitrogens is 3. The van der Waals surface area contributed by atoms with Gasteiger partial charge >= 0.3 is 0 Å². The molecule has 1 amide bonds. The molecule has 2 heterocycles. The second kappa shape index (κ2) is 11.9. The Morgan fingerprint density at radius 1 is 0.923 bits per heavy atom. The van der Waals surface area contributed by atoms with Crippen LogP contribution >= 0.6 is 0 Å². The van der Waals surface area contributed by atoms with Crippen molar-refractivity contribution in [1.82, 2.24) is 15.0 Å². The maximum absolute atomic E-state index is 15.1. The lowest BCUT2D eigenvalue weighted by Gasteiger charge is -2.23. The van der Waals surface area contributed by atoms with Crippen molar-refractivity contribution in [2.45, 2.75) is 38.0 Å².